The molecule has 10 heteroatoms. The number of hydrazone groups is 1. The van der Waals surface area contributed by atoms with Crippen LogP contribution in [0.4, 0.5) is 5.69 Å². The van der Waals surface area contributed by atoms with E-state index in [4.69, 9.17) is 16.3 Å². The van der Waals surface area contributed by atoms with Crippen molar-refractivity contribution in [1.29, 1.82) is 0 Å². The van der Waals surface area contributed by atoms with Crippen molar-refractivity contribution >= 4 is 73.1 Å². The molecule has 7 nitrogen and oxygen atoms in total. The number of anilines is 1. The Morgan fingerprint density at radius 3 is 2.22 bits per heavy atom. The lowest BCUT2D eigenvalue weighted by Crippen LogP contribution is -2.32. The van der Waals surface area contributed by atoms with Crippen molar-refractivity contribution in [2.24, 2.45) is 5.10 Å². The molecule has 3 aromatic carbocycles. The van der Waals surface area contributed by atoms with Gasteiger partial charge in [0.1, 0.15) is 5.75 Å². The summed E-state index contributed by atoms with van der Waals surface area (Å²) < 4.78 is 6.97. The van der Waals surface area contributed by atoms with Gasteiger partial charge in [-0.3, -0.25) is 9.59 Å². The molecule has 0 saturated heterocycles. The topological polar surface area (TPSA) is 96.9 Å². The third-order valence-electron chi connectivity index (χ3n) is 3.93. The van der Waals surface area contributed by atoms with E-state index in [0.29, 0.717) is 26.3 Å². The highest BCUT2D eigenvalue weighted by Crippen LogP contribution is 2.23. The van der Waals surface area contributed by atoms with Crippen molar-refractivity contribution < 1.29 is 19.1 Å². The highest BCUT2D eigenvalue weighted by atomic mass is 79.9. The average Bonchev–Trinajstić information content (AvgIpc) is 2.77. The fourth-order valence-corrected chi connectivity index (χ4v) is 3.16. The third-order valence-corrected chi connectivity index (χ3v) is 5.21. The van der Waals surface area contributed by atoms with Crippen LogP contribution >= 0.6 is 43.5 Å². The zero-order chi connectivity index (χ0) is 23.1. The van der Waals surface area contributed by atoms with Crippen LogP contribution < -0.4 is 15.5 Å². The van der Waals surface area contributed by atoms with Crippen LogP contribution in [0.15, 0.2) is 80.8 Å². The predicted octanol–water partition coefficient (Wildman–Crippen LogP) is 5.17. The number of nitrogens with one attached hydrogen (secondary N) is 2. The first-order chi connectivity index (χ1) is 15.3. The second-order valence-electron chi connectivity index (χ2n) is 6.24. The number of benzene rings is 3. The molecule has 3 aromatic rings. The molecule has 0 aliphatic rings. The molecule has 0 unspecified atom stereocenters. The summed E-state index contributed by atoms with van der Waals surface area (Å²) in [6.07, 6.45) is 1.26. The number of esters is 1. The van der Waals surface area contributed by atoms with Gasteiger partial charge in [0.15, 0.2) is 0 Å². The van der Waals surface area contributed by atoms with Gasteiger partial charge in [0.2, 0.25) is 0 Å². The summed E-state index contributed by atoms with van der Waals surface area (Å²) in [5.74, 6) is -2.21. The fraction of sp³-hybridized carbons (Fsp3) is 0. The standard InChI is InChI=1S/C22H14Br2ClN3O4/c23-15-3-8-18(9-4-15)27-20(29)21(30)28-26-12-14-11-16(24)5-10-19(14)32-22(31)13-1-6-17(25)7-2-13/h1-12H,(H,27,29)(H,28,30)/b26-12+. The largest absolute Gasteiger partial charge is 0.422 e. The molecule has 0 heterocycles. The first kappa shape index (κ1) is 23.6. The summed E-state index contributed by atoms with van der Waals surface area (Å²) in [4.78, 5) is 36.4. The molecule has 162 valence electrons. The van der Waals surface area contributed by atoms with Gasteiger partial charge in [-0.05, 0) is 66.7 Å². The van der Waals surface area contributed by atoms with E-state index in [1.165, 1.54) is 6.21 Å². The quantitative estimate of drug-likeness (QED) is 0.143. The molecule has 3 rings (SSSR count). The molecular weight excluding hydrogens is 566 g/mol. The first-order valence-electron chi connectivity index (χ1n) is 8.99. The maximum Gasteiger partial charge on any atom is 0.343 e. The predicted molar refractivity (Wildman–Crippen MR) is 129 cm³/mol. The maximum atomic E-state index is 12.4. The normalized spacial score (nSPS) is 10.6. The van der Waals surface area contributed by atoms with Gasteiger partial charge in [0.05, 0.1) is 11.8 Å². The van der Waals surface area contributed by atoms with Crippen LogP contribution in [0.3, 0.4) is 0 Å². The first-order valence-corrected chi connectivity index (χ1v) is 11.0. The zero-order valence-electron chi connectivity index (χ0n) is 16.1. The number of halogens is 3. The van der Waals surface area contributed by atoms with Crippen LogP contribution in [0.25, 0.3) is 0 Å². The molecular formula is C22H14Br2ClN3O4. The molecule has 0 saturated carbocycles. The number of ether oxygens (including phenoxy) is 1. The van der Waals surface area contributed by atoms with Gasteiger partial charge in [0.25, 0.3) is 0 Å². The molecule has 2 amide bonds. The van der Waals surface area contributed by atoms with Crippen molar-refractivity contribution in [3.63, 3.8) is 0 Å². The van der Waals surface area contributed by atoms with Gasteiger partial charge < -0.3 is 10.1 Å². The van der Waals surface area contributed by atoms with Crippen LogP contribution in [-0.2, 0) is 9.59 Å². The van der Waals surface area contributed by atoms with Gasteiger partial charge in [-0.2, -0.15) is 5.10 Å². The van der Waals surface area contributed by atoms with Crippen LogP contribution in [0.1, 0.15) is 15.9 Å². The van der Waals surface area contributed by atoms with E-state index in [0.717, 1.165) is 4.47 Å². The Balaban J connectivity index is 1.65. The van der Waals surface area contributed by atoms with Crippen molar-refractivity contribution in [3.05, 3.63) is 91.8 Å². The monoisotopic (exact) mass is 577 g/mol. The van der Waals surface area contributed by atoms with Gasteiger partial charge in [0, 0.05) is 25.2 Å². The van der Waals surface area contributed by atoms with Crippen molar-refractivity contribution in [1.82, 2.24) is 5.43 Å². The molecule has 0 bridgehead atoms. The van der Waals surface area contributed by atoms with Crippen LogP contribution in [-0.4, -0.2) is 24.0 Å². The molecule has 0 aliphatic heterocycles. The highest BCUT2D eigenvalue weighted by molar-refractivity contribution is 9.10. The van der Waals surface area contributed by atoms with Gasteiger partial charge in [-0.25, -0.2) is 10.2 Å². The van der Waals surface area contributed by atoms with E-state index in [-0.39, 0.29) is 5.75 Å². The maximum absolute atomic E-state index is 12.4. The Kier molecular flexibility index (Phi) is 8.15. The Morgan fingerprint density at radius 2 is 1.53 bits per heavy atom. The number of hydrogen-bond donors (Lipinski definition) is 2. The Hall–Kier alpha value is -3.01. The second-order valence-corrected chi connectivity index (χ2v) is 8.51. The summed E-state index contributed by atoms with van der Waals surface area (Å²) in [6, 6.07) is 17.9. The molecule has 0 aliphatic carbocycles. The van der Waals surface area contributed by atoms with Crippen LogP contribution in [0, 0.1) is 0 Å². The minimum atomic E-state index is -0.959. The smallest absolute Gasteiger partial charge is 0.343 e. The van der Waals surface area contributed by atoms with E-state index in [2.05, 4.69) is 47.7 Å². The lowest BCUT2D eigenvalue weighted by molar-refractivity contribution is -0.136. The van der Waals surface area contributed by atoms with Crippen LogP contribution in [0.2, 0.25) is 5.02 Å². The van der Waals surface area contributed by atoms with Gasteiger partial charge in [-0.1, -0.05) is 43.5 Å². The summed E-state index contributed by atoms with van der Waals surface area (Å²) in [5, 5.41) is 6.74. The van der Waals surface area contributed by atoms with E-state index >= 15 is 0 Å². The van der Waals surface area contributed by atoms with Crippen molar-refractivity contribution in [2.45, 2.75) is 0 Å². The van der Waals surface area contributed by atoms with E-state index in [9.17, 15) is 14.4 Å². The molecule has 2 N–H and O–H groups in total. The molecule has 0 spiro atoms. The molecule has 0 fully saturated rings. The van der Waals surface area contributed by atoms with Gasteiger partial charge in [-0.15, -0.1) is 0 Å². The lowest BCUT2D eigenvalue weighted by atomic mass is 10.2. The summed E-state index contributed by atoms with van der Waals surface area (Å²) in [6.45, 7) is 0. The third kappa shape index (κ3) is 6.74. The fourth-order valence-electron chi connectivity index (χ4n) is 2.39. The molecule has 0 aromatic heterocycles. The van der Waals surface area contributed by atoms with Crippen LogP contribution in [0.5, 0.6) is 5.75 Å². The molecule has 0 radical (unpaired) electrons. The van der Waals surface area contributed by atoms with E-state index in [1.807, 2.05) is 0 Å². The Morgan fingerprint density at radius 1 is 0.875 bits per heavy atom. The lowest BCUT2D eigenvalue weighted by Gasteiger charge is -2.08. The average molecular weight is 580 g/mol. The number of nitrogens with zero attached hydrogens (tertiary/aromatic N) is 1. The Bertz CT molecular complexity index is 1180. The van der Waals surface area contributed by atoms with E-state index in [1.54, 1.807) is 66.7 Å². The Labute approximate surface area is 205 Å². The number of carbonyl (C=O) groups excluding carboxylic acids is 3. The number of carbonyl (C=O) groups is 3. The summed E-state index contributed by atoms with van der Waals surface area (Å²) in [7, 11) is 0. The van der Waals surface area contributed by atoms with Gasteiger partial charge >= 0.3 is 17.8 Å². The minimum absolute atomic E-state index is 0.213. The number of amides is 2. The minimum Gasteiger partial charge on any atom is -0.422 e. The van der Waals surface area contributed by atoms with E-state index < -0.39 is 17.8 Å². The highest BCUT2D eigenvalue weighted by Gasteiger charge is 2.14. The van der Waals surface area contributed by atoms with Crippen molar-refractivity contribution in [2.75, 3.05) is 5.32 Å². The summed E-state index contributed by atoms with van der Waals surface area (Å²) >= 11 is 12.5. The van der Waals surface area contributed by atoms with Crippen molar-refractivity contribution in [3.8, 4) is 5.75 Å². The number of hydrogen-bond acceptors (Lipinski definition) is 5. The summed E-state index contributed by atoms with van der Waals surface area (Å²) in [5.41, 5.74) is 3.31. The molecule has 32 heavy (non-hydrogen) atoms. The zero-order valence-corrected chi connectivity index (χ0v) is 20.1. The SMILES string of the molecule is O=C(N/N=C/c1cc(Br)ccc1OC(=O)c1ccc(Cl)cc1)C(=O)Nc1ccc(Br)cc1. The molecule has 0 atom stereocenters. The number of rotatable bonds is 5. The second kappa shape index (κ2) is 11.0.